The normalized spacial score (nSPS) is 16.8. The molecular formula is C10H9N3O2. The summed E-state index contributed by atoms with van der Waals surface area (Å²) in [5.74, 6) is 0.0981. The molecule has 1 aliphatic heterocycles. The van der Waals surface area contributed by atoms with Crippen LogP contribution in [0.5, 0.6) is 0 Å². The van der Waals surface area contributed by atoms with Crippen molar-refractivity contribution >= 4 is 11.5 Å². The first-order valence-electron chi connectivity index (χ1n) is 4.51. The predicted molar refractivity (Wildman–Crippen MR) is 51.4 cm³/mol. The van der Waals surface area contributed by atoms with E-state index in [1.807, 2.05) is 16.8 Å². The fraction of sp³-hybridized carbons (Fsp3) is 0.300. The molecule has 0 aromatic carbocycles. The Morgan fingerprint density at radius 1 is 1.73 bits per heavy atom. The lowest BCUT2D eigenvalue weighted by molar-refractivity contribution is -0.135. The van der Waals surface area contributed by atoms with Crippen molar-refractivity contribution in [3.05, 3.63) is 23.8 Å². The van der Waals surface area contributed by atoms with E-state index in [2.05, 4.69) is 9.72 Å². The zero-order chi connectivity index (χ0) is 10.8. The van der Waals surface area contributed by atoms with E-state index in [0.717, 1.165) is 6.54 Å². The molecule has 0 unspecified atom stereocenters. The van der Waals surface area contributed by atoms with Gasteiger partial charge in [0.25, 0.3) is 0 Å². The van der Waals surface area contributed by atoms with Crippen molar-refractivity contribution in [1.29, 1.82) is 5.26 Å². The summed E-state index contributed by atoms with van der Waals surface area (Å²) in [6.45, 7) is 0.757. The lowest BCUT2D eigenvalue weighted by atomic mass is 10.1. The molecule has 0 fully saturated rings. The zero-order valence-electron chi connectivity index (χ0n) is 8.23. The van der Waals surface area contributed by atoms with Crippen LogP contribution in [0, 0.1) is 11.3 Å². The van der Waals surface area contributed by atoms with E-state index in [-0.39, 0.29) is 5.57 Å². The average Bonchev–Trinajstić information content (AvgIpc) is 2.82. The van der Waals surface area contributed by atoms with Gasteiger partial charge in [-0.3, -0.25) is 0 Å². The van der Waals surface area contributed by atoms with Gasteiger partial charge in [-0.05, 0) is 6.42 Å². The van der Waals surface area contributed by atoms with Crippen molar-refractivity contribution < 1.29 is 9.53 Å². The number of hydrogen-bond acceptors (Lipinski definition) is 4. The number of methoxy groups -OCH3 is 1. The summed E-state index contributed by atoms with van der Waals surface area (Å²) >= 11 is 0. The van der Waals surface area contributed by atoms with Crippen molar-refractivity contribution in [2.75, 3.05) is 7.11 Å². The minimum Gasteiger partial charge on any atom is -0.465 e. The Balaban J connectivity index is 2.51. The van der Waals surface area contributed by atoms with E-state index in [0.29, 0.717) is 17.8 Å². The maximum absolute atomic E-state index is 11.3. The first-order valence-corrected chi connectivity index (χ1v) is 4.51. The third-order valence-corrected chi connectivity index (χ3v) is 2.39. The van der Waals surface area contributed by atoms with Gasteiger partial charge in [0.05, 0.1) is 7.11 Å². The van der Waals surface area contributed by atoms with E-state index < -0.39 is 5.97 Å². The molecule has 1 aromatic rings. The van der Waals surface area contributed by atoms with Gasteiger partial charge in [-0.25, -0.2) is 9.78 Å². The maximum atomic E-state index is 11.3. The van der Waals surface area contributed by atoms with E-state index >= 15 is 0 Å². The topological polar surface area (TPSA) is 67.9 Å². The molecule has 0 aliphatic carbocycles. The highest BCUT2D eigenvalue weighted by molar-refractivity contribution is 6.01. The summed E-state index contributed by atoms with van der Waals surface area (Å²) in [5.41, 5.74) is 0.733. The summed E-state index contributed by atoms with van der Waals surface area (Å²) in [7, 11) is 1.27. The SMILES string of the molecule is COC(=O)/C(C#N)=C1/CCn2ccnc21. The molecule has 0 spiro atoms. The number of allylic oxidation sites excluding steroid dienone is 1. The Morgan fingerprint density at radius 3 is 3.20 bits per heavy atom. The van der Waals surface area contributed by atoms with Crippen LogP contribution in [-0.4, -0.2) is 22.6 Å². The number of fused-ring (bicyclic) bond motifs is 1. The molecule has 1 aromatic heterocycles. The second kappa shape index (κ2) is 3.58. The second-order valence-corrected chi connectivity index (χ2v) is 3.15. The molecule has 0 saturated heterocycles. The van der Waals surface area contributed by atoms with Crippen LogP contribution in [0.3, 0.4) is 0 Å². The number of nitriles is 1. The number of hydrogen-bond donors (Lipinski definition) is 0. The monoisotopic (exact) mass is 203 g/mol. The van der Waals surface area contributed by atoms with Gasteiger partial charge in [-0.15, -0.1) is 0 Å². The van der Waals surface area contributed by atoms with Gasteiger partial charge in [-0.1, -0.05) is 0 Å². The van der Waals surface area contributed by atoms with Gasteiger partial charge < -0.3 is 9.30 Å². The van der Waals surface area contributed by atoms with Crippen LogP contribution in [-0.2, 0) is 16.1 Å². The molecule has 76 valence electrons. The van der Waals surface area contributed by atoms with E-state index in [1.165, 1.54) is 7.11 Å². The number of ether oxygens (including phenoxy) is 1. The molecule has 0 N–H and O–H groups in total. The fourth-order valence-corrected chi connectivity index (χ4v) is 1.68. The Bertz CT molecular complexity index is 479. The smallest absolute Gasteiger partial charge is 0.349 e. The Hall–Kier alpha value is -2.09. The van der Waals surface area contributed by atoms with E-state index in [4.69, 9.17) is 5.26 Å². The first kappa shape index (κ1) is 9.46. The summed E-state index contributed by atoms with van der Waals surface area (Å²) < 4.78 is 6.46. The quantitative estimate of drug-likeness (QED) is 0.383. The van der Waals surface area contributed by atoms with Gasteiger partial charge in [0.1, 0.15) is 17.5 Å². The Labute approximate surface area is 86.6 Å². The number of aromatic nitrogens is 2. The van der Waals surface area contributed by atoms with Crippen LogP contribution >= 0.6 is 0 Å². The van der Waals surface area contributed by atoms with Crippen molar-refractivity contribution in [2.45, 2.75) is 13.0 Å². The molecule has 1 aliphatic rings. The molecular weight excluding hydrogens is 194 g/mol. The van der Waals surface area contributed by atoms with Crippen molar-refractivity contribution in [3.63, 3.8) is 0 Å². The number of nitrogens with zero attached hydrogens (tertiary/aromatic N) is 3. The molecule has 0 radical (unpaired) electrons. The number of carbonyl (C=O) groups is 1. The van der Waals surface area contributed by atoms with Crippen LogP contribution in [0.2, 0.25) is 0 Å². The molecule has 15 heavy (non-hydrogen) atoms. The number of rotatable bonds is 1. The van der Waals surface area contributed by atoms with Gasteiger partial charge >= 0.3 is 5.97 Å². The number of carbonyl (C=O) groups excluding carboxylic acids is 1. The minimum atomic E-state index is -0.594. The van der Waals surface area contributed by atoms with Gasteiger partial charge in [0.2, 0.25) is 0 Å². The molecule has 0 saturated carbocycles. The standard InChI is InChI=1S/C10H9N3O2/c1-15-10(14)8(6-11)7-2-4-13-5-3-12-9(7)13/h3,5H,2,4H2,1H3/b8-7-. The van der Waals surface area contributed by atoms with Gasteiger partial charge in [-0.2, -0.15) is 5.26 Å². The molecule has 5 nitrogen and oxygen atoms in total. The molecule has 0 amide bonds. The largest absolute Gasteiger partial charge is 0.465 e. The average molecular weight is 203 g/mol. The summed E-state index contributed by atoms with van der Waals surface area (Å²) in [6, 6.07) is 1.88. The molecule has 0 bridgehead atoms. The summed E-state index contributed by atoms with van der Waals surface area (Å²) in [4.78, 5) is 15.4. The highest BCUT2D eigenvalue weighted by Crippen LogP contribution is 2.28. The molecule has 2 heterocycles. The third-order valence-electron chi connectivity index (χ3n) is 2.39. The number of esters is 1. The van der Waals surface area contributed by atoms with Crippen LogP contribution in [0.4, 0.5) is 0 Å². The number of imidazole rings is 1. The van der Waals surface area contributed by atoms with Gasteiger partial charge in [0.15, 0.2) is 0 Å². The summed E-state index contributed by atoms with van der Waals surface area (Å²) in [5, 5.41) is 8.91. The van der Waals surface area contributed by atoms with E-state index in [1.54, 1.807) is 6.20 Å². The van der Waals surface area contributed by atoms with Crippen molar-refractivity contribution in [2.24, 2.45) is 0 Å². The van der Waals surface area contributed by atoms with Gasteiger partial charge in [0, 0.05) is 24.5 Å². The van der Waals surface area contributed by atoms with Crippen LogP contribution in [0.1, 0.15) is 12.2 Å². The third kappa shape index (κ3) is 1.40. The summed E-state index contributed by atoms with van der Waals surface area (Å²) in [6.07, 6.45) is 4.14. The van der Waals surface area contributed by atoms with Crippen LogP contribution < -0.4 is 0 Å². The molecule has 5 heteroatoms. The zero-order valence-corrected chi connectivity index (χ0v) is 8.23. The highest BCUT2D eigenvalue weighted by atomic mass is 16.5. The van der Waals surface area contributed by atoms with Crippen molar-refractivity contribution in [1.82, 2.24) is 9.55 Å². The first-order chi connectivity index (χ1) is 7.27. The second-order valence-electron chi connectivity index (χ2n) is 3.15. The van der Waals surface area contributed by atoms with E-state index in [9.17, 15) is 4.79 Å². The minimum absolute atomic E-state index is 0.0578. The lowest BCUT2D eigenvalue weighted by Crippen LogP contribution is -2.05. The van der Waals surface area contributed by atoms with Crippen LogP contribution in [0.25, 0.3) is 5.57 Å². The maximum Gasteiger partial charge on any atom is 0.349 e. The number of aryl methyl sites for hydroxylation is 1. The highest BCUT2D eigenvalue weighted by Gasteiger charge is 2.24. The Kier molecular flexibility index (Phi) is 2.26. The molecule has 0 atom stereocenters. The predicted octanol–water partition coefficient (Wildman–Crippen LogP) is 0.737. The lowest BCUT2D eigenvalue weighted by Gasteiger charge is -1.99. The molecule has 2 rings (SSSR count). The Morgan fingerprint density at radius 2 is 2.53 bits per heavy atom. The van der Waals surface area contributed by atoms with Crippen molar-refractivity contribution in [3.8, 4) is 6.07 Å². The van der Waals surface area contributed by atoms with Crippen LogP contribution in [0.15, 0.2) is 18.0 Å². The fourth-order valence-electron chi connectivity index (χ4n) is 1.68.